The average molecular weight is 315 g/mol. The summed E-state index contributed by atoms with van der Waals surface area (Å²) in [7, 11) is -3.77. The number of rotatable bonds is 4. The quantitative estimate of drug-likeness (QED) is 0.912. The number of aliphatic hydroxyl groups excluding tert-OH is 1. The summed E-state index contributed by atoms with van der Waals surface area (Å²) in [4.78, 5) is 0.598. The van der Waals surface area contributed by atoms with Crippen molar-refractivity contribution in [3.8, 4) is 0 Å². The van der Waals surface area contributed by atoms with Crippen molar-refractivity contribution in [2.75, 3.05) is 4.72 Å². The molecule has 0 saturated heterocycles. The molecule has 0 aliphatic heterocycles. The van der Waals surface area contributed by atoms with E-state index < -0.39 is 15.8 Å². The molecule has 2 aromatic rings. The molecule has 0 aliphatic rings. The lowest BCUT2D eigenvalue weighted by Crippen LogP contribution is -2.12. The molecule has 0 unspecified atom stereocenters. The highest BCUT2D eigenvalue weighted by Gasteiger charge is 2.19. The topological polar surface area (TPSA) is 66.4 Å². The van der Waals surface area contributed by atoms with Crippen LogP contribution in [0.4, 0.5) is 10.1 Å². The third-order valence-electron chi connectivity index (χ3n) is 2.85. The van der Waals surface area contributed by atoms with E-state index in [0.717, 1.165) is 17.4 Å². The van der Waals surface area contributed by atoms with Crippen molar-refractivity contribution in [3.05, 3.63) is 46.1 Å². The van der Waals surface area contributed by atoms with Crippen molar-refractivity contribution in [2.24, 2.45) is 0 Å². The molecule has 0 atom stereocenters. The van der Waals surface area contributed by atoms with Crippen LogP contribution in [0.5, 0.6) is 0 Å². The van der Waals surface area contributed by atoms with E-state index in [1.807, 2.05) is 0 Å². The molecule has 2 N–H and O–H groups in total. The summed E-state index contributed by atoms with van der Waals surface area (Å²) in [6.07, 6.45) is 0. The van der Waals surface area contributed by atoms with Crippen molar-refractivity contribution in [2.45, 2.75) is 24.7 Å². The third kappa shape index (κ3) is 3.00. The second-order valence-electron chi connectivity index (χ2n) is 4.39. The highest BCUT2D eigenvalue weighted by atomic mass is 32.2. The number of hydrogen-bond donors (Lipinski definition) is 2. The van der Waals surface area contributed by atoms with Gasteiger partial charge in [-0.05, 0) is 43.2 Å². The summed E-state index contributed by atoms with van der Waals surface area (Å²) < 4.78 is 40.1. The number of aryl methyl sites for hydroxylation is 2. The fourth-order valence-electron chi connectivity index (χ4n) is 1.68. The number of thiophene rings is 1. The Labute approximate surface area is 120 Å². The molecule has 0 spiro atoms. The Balaban J connectivity index is 2.37. The van der Waals surface area contributed by atoms with E-state index in [-0.39, 0.29) is 16.5 Å². The van der Waals surface area contributed by atoms with Crippen molar-refractivity contribution in [1.29, 1.82) is 0 Å². The van der Waals surface area contributed by atoms with Gasteiger partial charge in [0.25, 0.3) is 10.0 Å². The molecule has 20 heavy (non-hydrogen) atoms. The van der Waals surface area contributed by atoms with Crippen molar-refractivity contribution < 1.29 is 17.9 Å². The van der Waals surface area contributed by atoms with Gasteiger partial charge in [-0.15, -0.1) is 11.3 Å². The lowest BCUT2D eigenvalue weighted by Gasteiger charge is -2.09. The predicted molar refractivity (Wildman–Crippen MR) is 76.9 cm³/mol. The van der Waals surface area contributed by atoms with Gasteiger partial charge < -0.3 is 5.11 Å². The minimum atomic E-state index is -3.77. The van der Waals surface area contributed by atoms with E-state index in [9.17, 15) is 12.8 Å². The summed E-state index contributed by atoms with van der Waals surface area (Å²) in [6.45, 7) is 3.22. The Bertz CT molecular complexity index is 738. The maximum atomic E-state index is 13.2. The summed E-state index contributed by atoms with van der Waals surface area (Å²) in [5.41, 5.74) is 1.56. The maximum absolute atomic E-state index is 13.2. The Kier molecular flexibility index (Phi) is 4.12. The fraction of sp³-hybridized carbons (Fsp3) is 0.231. The highest BCUT2D eigenvalue weighted by molar-refractivity contribution is 7.94. The summed E-state index contributed by atoms with van der Waals surface area (Å²) in [5.74, 6) is -0.508. The summed E-state index contributed by atoms with van der Waals surface area (Å²) in [5, 5.41) is 9.11. The molecule has 1 heterocycles. The standard InChI is InChI=1S/C13H14FNO3S2/c1-8-3-4-10(14)6-11(8)15-20(17,18)13-5-9(2)12(7-16)19-13/h3-6,15-16H,7H2,1-2H3. The molecule has 0 bridgehead atoms. The predicted octanol–water partition coefficient (Wildman–Crippen LogP) is 2.80. The van der Waals surface area contributed by atoms with Gasteiger partial charge in [0.15, 0.2) is 0 Å². The van der Waals surface area contributed by atoms with Crippen LogP contribution in [0.2, 0.25) is 0 Å². The second kappa shape index (κ2) is 5.51. The van der Waals surface area contributed by atoms with Gasteiger partial charge in [-0.3, -0.25) is 4.72 Å². The molecule has 7 heteroatoms. The van der Waals surface area contributed by atoms with Crippen LogP contribution < -0.4 is 4.72 Å². The molecular weight excluding hydrogens is 301 g/mol. The largest absolute Gasteiger partial charge is 0.391 e. The Morgan fingerprint density at radius 1 is 1.25 bits per heavy atom. The first-order chi connectivity index (χ1) is 9.33. The van der Waals surface area contributed by atoms with Crippen LogP contribution >= 0.6 is 11.3 Å². The maximum Gasteiger partial charge on any atom is 0.271 e. The highest BCUT2D eigenvalue weighted by Crippen LogP contribution is 2.28. The van der Waals surface area contributed by atoms with Crippen LogP contribution in [0.25, 0.3) is 0 Å². The lowest BCUT2D eigenvalue weighted by atomic mass is 10.2. The van der Waals surface area contributed by atoms with Crippen LogP contribution in [-0.4, -0.2) is 13.5 Å². The number of anilines is 1. The zero-order valence-corrected chi connectivity index (χ0v) is 12.6. The van der Waals surface area contributed by atoms with Gasteiger partial charge in [-0.25, -0.2) is 12.8 Å². The van der Waals surface area contributed by atoms with Gasteiger partial charge in [0, 0.05) is 4.88 Å². The number of hydrogen-bond acceptors (Lipinski definition) is 4. The lowest BCUT2D eigenvalue weighted by molar-refractivity contribution is 0.285. The average Bonchev–Trinajstić information content (AvgIpc) is 2.76. The second-order valence-corrected chi connectivity index (χ2v) is 7.44. The van der Waals surface area contributed by atoms with Gasteiger partial charge >= 0.3 is 0 Å². The number of aliphatic hydroxyl groups is 1. The Morgan fingerprint density at radius 3 is 2.55 bits per heavy atom. The number of halogens is 1. The van der Waals surface area contributed by atoms with Crippen molar-refractivity contribution in [3.63, 3.8) is 0 Å². The van der Waals surface area contributed by atoms with Gasteiger partial charge in [-0.1, -0.05) is 6.07 Å². The van der Waals surface area contributed by atoms with Crippen molar-refractivity contribution >= 4 is 27.0 Å². The molecular formula is C13H14FNO3S2. The first-order valence-corrected chi connectivity index (χ1v) is 8.12. The van der Waals surface area contributed by atoms with Crippen LogP contribution in [0.15, 0.2) is 28.5 Å². The third-order valence-corrected chi connectivity index (χ3v) is 5.91. The molecule has 0 saturated carbocycles. The van der Waals surface area contributed by atoms with Crippen molar-refractivity contribution in [1.82, 2.24) is 0 Å². The van der Waals surface area contributed by atoms with Crippen LogP contribution in [0.3, 0.4) is 0 Å². The number of benzene rings is 1. The van der Waals surface area contributed by atoms with E-state index in [1.54, 1.807) is 13.8 Å². The SMILES string of the molecule is Cc1ccc(F)cc1NS(=O)(=O)c1cc(C)c(CO)s1. The Morgan fingerprint density at radius 2 is 1.95 bits per heavy atom. The molecule has 0 aliphatic carbocycles. The summed E-state index contributed by atoms with van der Waals surface area (Å²) >= 11 is 1.00. The van der Waals surface area contributed by atoms with Gasteiger partial charge in [0.2, 0.25) is 0 Å². The number of sulfonamides is 1. The Hall–Kier alpha value is -1.44. The minimum absolute atomic E-state index is 0.0997. The molecule has 0 fully saturated rings. The van der Waals surface area contributed by atoms with E-state index in [0.29, 0.717) is 16.0 Å². The van der Waals surface area contributed by atoms with Crippen LogP contribution in [-0.2, 0) is 16.6 Å². The monoisotopic (exact) mass is 315 g/mol. The number of nitrogens with one attached hydrogen (secondary N) is 1. The van der Waals surface area contributed by atoms with Gasteiger partial charge in [0.05, 0.1) is 12.3 Å². The molecule has 1 aromatic carbocycles. The smallest absolute Gasteiger partial charge is 0.271 e. The summed E-state index contributed by atoms with van der Waals surface area (Å²) in [6, 6.07) is 5.41. The van der Waals surface area contributed by atoms with Crippen LogP contribution in [0, 0.1) is 19.7 Å². The first kappa shape index (κ1) is 15.0. The normalized spacial score (nSPS) is 11.6. The van der Waals surface area contributed by atoms with Crippen LogP contribution in [0.1, 0.15) is 16.0 Å². The zero-order valence-electron chi connectivity index (χ0n) is 11.0. The van der Waals surface area contributed by atoms with E-state index in [1.165, 1.54) is 18.2 Å². The van der Waals surface area contributed by atoms with E-state index >= 15 is 0 Å². The molecule has 108 valence electrons. The molecule has 4 nitrogen and oxygen atoms in total. The van der Waals surface area contributed by atoms with Gasteiger partial charge in [0.1, 0.15) is 10.0 Å². The van der Waals surface area contributed by atoms with Gasteiger partial charge in [-0.2, -0.15) is 0 Å². The zero-order chi connectivity index (χ0) is 14.9. The molecule has 1 aromatic heterocycles. The fourth-order valence-corrected chi connectivity index (χ4v) is 4.25. The molecule has 2 rings (SSSR count). The van der Waals surface area contributed by atoms with E-state index in [2.05, 4.69) is 4.72 Å². The van der Waals surface area contributed by atoms with E-state index in [4.69, 9.17) is 5.11 Å². The molecule has 0 radical (unpaired) electrons. The first-order valence-electron chi connectivity index (χ1n) is 5.82. The molecule has 0 amide bonds. The minimum Gasteiger partial charge on any atom is -0.391 e.